The quantitative estimate of drug-likeness (QED) is 0.229. The van der Waals surface area contributed by atoms with Gasteiger partial charge in [-0.3, -0.25) is 4.90 Å². The van der Waals surface area contributed by atoms with E-state index >= 15 is 0 Å². The maximum atomic E-state index is 5.61. The van der Waals surface area contributed by atoms with E-state index in [4.69, 9.17) is 29.0 Å². The number of nitrogens with zero attached hydrogens (tertiary/aromatic N) is 6. The number of rotatable bonds is 12. The van der Waals surface area contributed by atoms with Crippen LogP contribution in [0.15, 0.2) is 77.5 Å². The van der Waals surface area contributed by atoms with Crippen molar-refractivity contribution in [3.8, 4) is 23.1 Å². The van der Waals surface area contributed by atoms with Gasteiger partial charge >= 0.3 is 0 Å². The van der Waals surface area contributed by atoms with Gasteiger partial charge in [-0.05, 0) is 54.8 Å². The zero-order valence-electron chi connectivity index (χ0n) is 24.2. The van der Waals surface area contributed by atoms with Crippen LogP contribution in [0, 0.1) is 0 Å². The predicted molar refractivity (Wildman–Crippen MR) is 162 cm³/mol. The monoisotopic (exact) mass is 567 g/mol. The highest BCUT2D eigenvalue weighted by molar-refractivity contribution is 5.58. The molecular formula is C32H37N7O3. The Morgan fingerprint density at radius 1 is 0.881 bits per heavy atom. The van der Waals surface area contributed by atoms with Crippen molar-refractivity contribution in [1.82, 2.24) is 29.4 Å². The minimum Gasteiger partial charge on any atom is -0.493 e. The second kappa shape index (κ2) is 13.1. The summed E-state index contributed by atoms with van der Waals surface area (Å²) in [5.41, 5.74) is 4.25. The normalized spacial score (nSPS) is 14.3. The van der Waals surface area contributed by atoms with Crippen LogP contribution in [-0.2, 0) is 19.5 Å². The molecule has 1 N–H and O–H groups in total. The molecule has 1 saturated heterocycles. The van der Waals surface area contributed by atoms with Crippen molar-refractivity contribution in [1.29, 1.82) is 0 Å². The first-order valence-corrected chi connectivity index (χ1v) is 14.4. The van der Waals surface area contributed by atoms with E-state index in [1.54, 1.807) is 25.0 Å². The van der Waals surface area contributed by atoms with Crippen LogP contribution in [0.4, 0.5) is 5.95 Å². The molecule has 10 nitrogen and oxygen atoms in total. The fraction of sp³-hybridized carbons (Fsp3) is 0.344. The molecule has 218 valence electrons. The highest BCUT2D eigenvalue weighted by Gasteiger charge is 2.21. The van der Waals surface area contributed by atoms with Crippen LogP contribution >= 0.6 is 0 Å². The summed E-state index contributed by atoms with van der Waals surface area (Å²) in [5, 5.41) is 8.19. The van der Waals surface area contributed by atoms with Gasteiger partial charge < -0.3 is 24.1 Å². The molecule has 2 aromatic carbocycles. The molecule has 42 heavy (non-hydrogen) atoms. The summed E-state index contributed by atoms with van der Waals surface area (Å²) in [6, 6.07) is 20.3. The Labute approximate surface area is 245 Å². The van der Waals surface area contributed by atoms with Gasteiger partial charge in [0.25, 0.3) is 0 Å². The number of aryl methyl sites for hydroxylation is 1. The lowest BCUT2D eigenvalue weighted by molar-refractivity contribution is 0.126. The van der Waals surface area contributed by atoms with Crippen LogP contribution in [-0.4, -0.2) is 76.3 Å². The first-order chi connectivity index (χ1) is 20.7. The average Bonchev–Trinajstić information content (AvgIpc) is 3.73. The zero-order chi connectivity index (χ0) is 28.7. The molecule has 3 aromatic heterocycles. The Morgan fingerprint density at radius 3 is 2.45 bits per heavy atom. The molecule has 5 aromatic rings. The maximum Gasteiger partial charge on any atom is 0.226 e. The zero-order valence-corrected chi connectivity index (χ0v) is 24.2. The standard InChI is InChI=1S/C32H37N7O3/c1-40-27-13-12-25(20-29(27)41-2)21-33-32-34-22-26(31-35-30(36-39(31)32)28-11-7-19-42-28)23-38-17-15-37(16-18-38)14-6-10-24-8-4-3-5-9-24/h3-5,7-9,11-13,19-20,22H,6,10,14-18,21,23H2,1-2H3,(H,33,34). The fourth-order valence-electron chi connectivity index (χ4n) is 5.40. The second-order valence-corrected chi connectivity index (χ2v) is 10.5. The number of aromatic nitrogens is 4. The number of nitrogens with one attached hydrogen (secondary N) is 1. The number of methoxy groups -OCH3 is 2. The van der Waals surface area contributed by atoms with Crippen LogP contribution in [0.3, 0.4) is 0 Å². The molecule has 6 rings (SSSR count). The van der Waals surface area contributed by atoms with Gasteiger partial charge in [-0.2, -0.15) is 4.52 Å². The van der Waals surface area contributed by atoms with E-state index in [-0.39, 0.29) is 0 Å². The number of benzene rings is 2. The van der Waals surface area contributed by atoms with Gasteiger partial charge in [0.05, 0.1) is 20.5 Å². The number of hydrogen-bond acceptors (Lipinski definition) is 9. The molecule has 0 spiro atoms. The summed E-state index contributed by atoms with van der Waals surface area (Å²) >= 11 is 0. The smallest absolute Gasteiger partial charge is 0.226 e. The van der Waals surface area contributed by atoms with E-state index < -0.39 is 0 Å². The largest absolute Gasteiger partial charge is 0.493 e. The van der Waals surface area contributed by atoms with Crippen LogP contribution < -0.4 is 14.8 Å². The predicted octanol–water partition coefficient (Wildman–Crippen LogP) is 4.76. The Balaban J connectivity index is 1.13. The van der Waals surface area contributed by atoms with Crippen molar-refractivity contribution in [2.75, 3.05) is 52.3 Å². The van der Waals surface area contributed by atoms with Gasteiger partial charge in [0.2, 0.25) is 11.8 Å². The van der Waals surface area contributed by atoms with Gasteiger partial charge in [0.15, 0.2) is 22.9 Å². The second-order valence-electron chi connectivity index (χ2n) is 10.5. The third kappa shape index (κ3) is 6.40. The molecule has 0 atom stereocenters. The number of furan rings is 1. The number of ether oxygens (including phenoxy) is 2. The number of hydrogen-bond donors (Lipinski definition) is 1. The molecule has 0 unspecified atom stereocenters. The van der Waals surface area contributed by atoms with Crippen molar-refractivity contribution in [3.63, 3.8) is 0 Å². The number of anilines is 1. The third-order valence-corrected chi connectivity index (χ3v) is 7.72. The number of fused-ring (bicyclic) bond motifs is 1. The lowest BCUT2D eigenvalue weighted by Crippen LogP contribution is -2.46. The average molecular weight is 568 g/mol. The fourth-order valence-corrected chi connectivity index (χ4v) is 5.40. The van der Waals surface area contributed by atoms with Gasteiger partial charge in [-0.1, -0.05) is 36.4 Å². The van der Waals surface area contributed by atoms with Gasteiger partial charge in [0, 0.05) is 51.0 Å². The van der Waals surface area contributed by atoms with E-state index in [1.165, 1.54) is 12.0 Å². The Bertz CT molecular complexity index is 1580. The molecule has 10 heteroatoms. The lowest BCUT2D eigenvalue weighted by Gasteiger charge is -2.34. The topological polar surface area (TPSA) is 93.2 Å². The SMILES string of the molecule is COc1ccc(CNc2ncc(CN3CCN(CCCc4ccccc4)CC3)c3nc(-c4ccco4)nn23)cc1OC. The summed E-state index contributed by atoms with van der Waals surface area (Å²) < 4.78 is 18.2. The van der Waals surface area contributed by atoms with E-state index in [2.05, 4.69) is 45.4 Å². The molecule has 1 fully saturated rings. The minimum absolute atomic E-state index is 0.532. The summed E-state index contributed by atoms with van der Waals surface area (Å²) in [4.78, 5) is 14.7. The highest BCUT2D eigenvalue weighted by Crippen LogP contribution is 2.28. The van der Waals surface area contributed by atoms with Crippen LogP contribution in [0.1, 0.15) is 23.1 Å². The molecule has 0 saturated carbocycles. The van der Waals surface area contributed by atoms with Crippen molar-refractivity contribution in [2.24, 2.45) is 0 Å². The van der Waals surface area contributed by atoms with Crippen LogP contribution in [0.5, 0.6) is 11.5 Å². The summed E-state index contributed by atoms with van der Waals surface area (Å²) in [6.45, 7) is 6.57. The molecule has 1 aliphatic rings. The lowest BCUT2D eigenvalue weighted by atomic mass is 10.1. The molecule has 1 aliphatic heterocycles. The van der Waals surface area contributed by atoms with E-state index in [0.29, 0.717) is 35.6 Å². The van der Waals surface area contributed by atoms with Gasteiger partial charge in [-0.25, -0.2) is 9.97 Å². The van der Waals surface area contributed by atoms with Crippen molar-refractivity contribution in [2.45, 2.75) is 25.9 Å². The van der Waals surface area contributed by atoms with Crippen molar-refractivity contribution >= 4 is 11.6 Å². The minimum atomic E-state index is 0.532. The van der Waals surface area contributed by atoms with E-state index in [0.717, 1.165) is 62.5 Å². The van der Waals surface area contributed by atoms with Gasteiger partial charge in [0.1, 0.15) is 0 Å². The van der Waals surface area contributed by atoms with E-state index in [1.807, 2.05) is 36.5 Å². The summed E-state index contributed by atoms with van der Waals surface area (Å²) in [5.74, 6) is 3.14. The van der Waals surface area contributed by atoms with Crippen LogP contribution in [0.25, 0.3) is 17.2 Å². The molecule has 0 aliphatic carbocycles. The molecule has 0 amide bonds. The maximum absolute atomic E-state index is 5.61. The first kappa shape index (κ1) is 27.7. The molecular weight excluding hydrogens is 530 g/mol. The highest BCUT2D eigenvalue weighted by atomic mass is 16.5. The Morgan fingerprint density at radius 2 is 1.69 bits per heavy atom. The summed E-state index contributed by atoms with van der Waals surface area (Å²) in [6.07, 6.45) is 5.86. The van der Waals surface area contributed by atoms with Crippen LogP contribution in [0.2, 0.25) is 0 Å². The van der Waals surface area contributed by atoms with Crippen molar-refractivity contribution < 1.29 is 13.9 Å². The molecule has 0 bridgehead atoms. The molecule has 4 heterocycles. The summed E-state index contributed by atoms with van der Waals surface area (Å²) in [7, 11) is 3.27. The third-order valence-electron chi connectivity index (χ3n) is 7.72. The van der Waals surface area contributed by atoms with Gasteiger partial charge in [-0.15, -0.1) is 5.10 Å². The Kier molecular flexibility index (Phi) is 8.62. The Hall–Kier alpha value is -4.41. The van der Waals surface area contributed by atoms with E-state index in [9.17, 15) is 0 Å². The molecule has 0 radical (unpaired) electrons. The van der Waals surface area contributed by atoms with Crippen molar-refractivity contribution in [3.05, 3.63) is 89.8 Å². The first-order valence-electron chi connectivity index (χ1n) is 14.4. The number of piperazine rings is 1.